The molecule has 3 saturated heterocycles. The molecule has 3 aliphatic rings. The summed E-state index contributed by atoms with van der Waals surface area (Å²) >= 11 is 3.67. The maximum absolute atomic E-state index is 13.9. The molecule has 69 heavy (non-hydrogen) atoms. The molecule has 1 atom stereocenters. The summed E-state index contributed by atoms with van der Waals surface area (Å²) < 4.78 is 11.7. The van der Waals surface area contributed by atoms with E-state index in [-0.39, 0.29) is 42.8 Å². The molecule has 3 aliphatic heterocycles. The van der Waals surface area contributed by atoms with Crippen LogP contribution in [0.4, 0.5) is 5.69 Å². The highest BCUT2D eigenvalue weighted by Gasteiger charge is 2.37. The quantitative estimate of drug-likeness (QED) is 0.112. The number of pyridine rings is 1. The Kier molecular flexibility index (Phi) is 13.2. The predicted molar refractivity (Wildman–Crippen MR) is 273 cm³/mol. The number of benzene rings is 4. The van der Waals surface area contributed by atoms with Crippen LogP contribution in [0.15, 0.2) is 119 Å². The van der Waals surface area contributed by atoms with E-state index in [9.17, 15) is 19.2 Å². The van der Waals surface area contributed by atoms with Crippen molar-refractivity contribution in [2.45, 2.75) is 76.0 Å². The standard InChI is InChI=1S/C55H59BrN8O5/c1-58-44(32-46-47(56)21-26-57-52(46)58)35-62-29-24-40(25-30-62)38-8-10-42(11-9-38)53(66)59(2)43-14-12-39(13-15-43)41-22-27-61(28-23-41)33-37-7-18-48-50(31-37)60(3)55(68)64(48)49-19-20-51(65)63(54(49)67)34-36-5-16-45(69-4)17-6-36/h5-18,21,26,31-32,40-41,49H,19-20,22-25,27-30,33-35H2,1-4H3. The zero-order valence-electron chi connectivity index (χ0n) is 39.8. The average Bonchev–Trinajstić information content (AvgIpc) is 3.83. The summed E-state index contributed by atoms with van der Waals surface area (Å²) in [6.07, 6.45) is 6.53. The SMILES string of the molecule is COc1ccc(CN2C(=O)CCC(n3c(=O)n(C)c4cc(CN5CCC(c6ccc(N(C)C(=O)c7ccc(C8CCN(Cc9cc%10c(Br)ccnc%10n9C)CC8)cc7)cc6)CC5)ccc43)C2=O)cc1. The van der Waals surface area contributed by atoms with Crippen LogP contribution in [0.1, 0.15) is 94.7 Å². The van der Waals surface area contributed by atoms with Crippen molar-refractivity contribution in [3.05, 3.63) is 158 Å². The number of rotatable bonds is 12. The van der Waals surface area contributed by atoms with Crippen molar-refractivity contribution in [2.24, 2.45) is 14.1 Å². The van der Waals surface area contributed by atoms with Crippen molar-refractivity contribution in [1.82, 2.24) is 33.4 Å². The Labute approximate surface area is 411 Å². The summed E-state index contributed by atoms with van der Waals surface area (Å²) in [5, 5.41) is 1.15. The van der Waals surface area contributed by atoms with Crippen LogP contribution in [0.3, 0.4) is 0 Å². The molecule has 7 aromatic rings. The lowest BCUT2D eigenvalue weighted by atomic mass is 9.88. The fourth-order valence-corrected chi connectivity index (χ4v) is 11.3. The van der Waals surface area contributed by atoms with Crippen molar-refractivity contribution in [1.29, 1.82) is 0 Å². The number of anilines is 1. The number of aryl methyl sites for hydroxylation is 2. The fraction of sp³-hybridized carbons (Fsp3) is 0.364. The van der Waals surface area contributed by atoms with E-state index in [1.54, 1.807) is 40.3 Å². The van der Waals surface area contributed by atoms with E-state index in [4.69, 9.17) is 4.74 Å². The highest BCUT2D eigenvalue weighted by atomic mass is 79.9. The Balaban J connectivity index is 0.709. The van der Waals surface area contributed by atoms with Crippen molar-refractivity contribution >= 4 is 61.4 Å². The largest absolute Gasteiger partial charge is 0.497 e. The molecule has 356 valence electrons. The van der Waals surface area contributed by atoms with E-state index in [0.29, 0.717) is 28.7 Å². The third-order valence-corrected chi connectivity index (χ3v) is 15.8. The van der Waals surface area contributed by atoms with Gasteiger partial charge in [-0.15, -0.1) is 0 Å². The van der Waals surface area contributed by atoms with Crippen LogP contribution < -0.4 is 15.3 Å². The van der Waals surface area contributed by atoms with Crippen molar-refractivity contribution in [3.63, 3.8) is 0 Å². The number of imidazole rings is 1. The molecule has 10 rings (SSSR count). The van der Waals surface area contributed by atoms with Gasteiger partial charge in [0.1, 0.15) is 17.4 Å². The molecule has 0 aliphatic carbocycles. The summed E-state index contributed by atoms with van der Waals surface area (Å²) in [6, 6.07) is 33.6. The van der Waals surface area contributed by atoms with Crippen LogP contribution in [0.25, 0.3) is 22.1 Å². The molecule has 0 N–H and O–H groups in total. The predicted octanol–water partition coefficient (Wildman–Crippen LogP) is 8.92. The number of piperidine rings is 3. The second-order valence-corrected chi connectivity index (χ2v) is 20.0. The average molecular weight is 992 g/mol. The smallest absolute Gasteiger partial charge is 0.329 e. The van der Waals surface area contributed by atoms with E-state index in [1.807, 2.05) is 49.6 Å². The van der Waals surface area contributed by atoms with Crippen LogP contribution in [0.2, 0.25) is 0 Å². The van der Waals surface area contributed by atoms with Crippen LogP contribution in [-0.2, 0) is 43.3 Å². The van der Waals surface area contributed by atoms with Crippen LogP contribution in [0, 0.1) is 0 Å². The Morgan fingerprint density at radius 1 is 0.710 bits per heavy atom. The number of aromatic nitrogens is 4. The normalized spacial score (nSPS) is 17.9. The maximum Gasteiger partial charge on any atom is 0.329 e. The monoisotopic (exact) mass is 990 g/mol. The molecule has 0 radical (unpaired) electrons. The first-order valence-corrected chi connectivity index (χ1v) is 24.9. The van der Waals surface area contributed by atoms with Gasteiger partial charge in [-0.1, -0.05) is 42.5 Å². The molecule has 13 nitrogen and oxygen atoms in total. The molecule has 1 unspecified atom stereocenters. The van der Waals surface area contributed by atoms with Crippen molar-refractivity contribution < 1.29 is 19.1 Å². The van der Waals surface area contributed by atoms with Gasteiger partial charge < -0.3 is 14.2 Å². The molecule has 3 fully saturated rings. The number of likely N-dealkylation sites (tertiary alicyclic amines) is 3. The van der Waals surface area contributed by atoms with E-state index >= 15 is 0 Å². The van der Waals surface area contributed by atoms with Crippen LogP contribution in [-0.4, -0.2) is 91.4 Å². The number of hydrogen-bond donors (Lipinski definition) is 0. The van der Waals surface area contributed by atoms with Gasteiger partial charge in [0, 0.05) is 73.7 Å². The Morgan fingerprint density at radius 3 is 1.97 bits per heavy atom. The number of carbonyl (C=O) groups excluding carboxylic acids is 3. The zero-order valence-corrected chi connectivity index (χ0v) is 41.4. The van der Waals surface area contributed by atoms with E-state index < -0.39 is 6.04 Å². The number of ether oxygens (including phenoxy) is 1. The van der Waals surface area contributed by atoms with Gasteiger partial charge in [-0.05, 0) is 169 Å². The van der Waals surface area contributed by atoms with Gasteiger partial charge in [0.2, 0.25) is 5.91 Å². The lowest BCUT2D eigenvalue weighted by molar-refractivity contribution is -0.151. The van der Waals surface area contributed by atoms with Gasteiger partial charge in [-0.25, -0.2) is 9.78 Å². The van der Waals surface area contributed by atoms with Gasteiger partial charge in [0.25, 0.3) is 11.8 Å². The van der Waals surface area contributed by atoms with Gasteiger partial charge in [0.15, 0.2) is 0 Å². The number of fused-ring (bicyclic) bond motifs is 2. The van der Waals surface area contributed by atoms with Gasteiger partial charge in [-0.2, -0.15) is 0 Å². The Morgan fingerprint density at radius 2 is 1.33 bits per heavy atom. The number of carbonyl (C=O) groups is 3. The number of imide groups is 1. The first-order chi connectivity index (χ1) is 33.4. The summed E-state index contributed by atoms with van der Waals surface area (Å²) in [5.41, 5.74) is 9.54. The molecule has 0 spiro atoms. The van der Waals surface area contributed by atoms with Crippen molar-refractivity contribution in [2.75, 3.05) is 45.2 Å². The second-order valence-electron chi connectivity index (χ2n) is 19.2. The minimum Gasteiger partial charge on any atom is -0.497 e. The number of halogens is 1. The first-order valence-electron chi connectivity index (χ1n) is 24.1. The summed E-state index contributed by atoms with van der Waals surface area (Å²) in [4.78, 5) is 66.8. The number of amides is 3. The van der Waals surface area contributed by atoms with Gasteiger partial charge >= 0.3 is 5.69 Å². The highest BCUT2D eigenvalue weighted by molar-refractivity contribution is 9.10. The maximum atomic E-state index is 13.9. The molecular weight excluding hydrogens is 933 g/mol. The number of methoxy groups -OCH3 is 1. The summed E-state index contributed by atoms with van der Waals surface area (Å²) in [6.45, 7) is 5.74. The molecule has 0 bridgehead atoms. The van der Waals surface area contributed by atoms with Crippen LogP contribution in [0.5, 0.6) is 5.75 Å². The molecule has 4 aromatic carbocycles. The number of nitrogens with zero attached hydrogens (tertiary/aromatic N) is 8. The zero-order chi connectivity index (χ0) is 47.9. The minimum absolute atomic E-state index is 0.0188. The molecule has 0 saturated carbocycles. The Bertz CT molecular complexity index is 3090. The first kappa shape index (κ1) is 46.4. The molecule has 6 heterocycles. The molecule has 3 amide bonds. The third kappa shape index (κ3) is 9.29. The van der Waals surface area contributed by atoms with Gasteiger partial charge in [-0.3, -0.25) is 38.2 Å². The lowest BCUT2D eigenvalue weighted by Crippen LogP contribution is -2.47. The minimum atomic E-state index is -0.760. The highest BCUT2D eigenvalue weighted by Crippen LogP contribution is 2.34. The lowest BCUT2D eigenvalue weighted by Gasteiger charge is -2.32. The van der Waals surface area contributed by atoms with E-state index in [1.165, 1.54) is 21.7 Å². The summed E-state index contributed by atoms with van der Waals surface area (Å²) in [7, 11) is 7.29. The van der Waals surface area contributed by atoms with Crippen LogP contribution >= 0.6 is 15.9 Å². The van der Waals surface area contributed by atoms with E-state index in [0.717, 1.165) is 103 Å². The summed E-state index contributed by atoms with van der Waals surface area (Å²) in [5.74, 6) is 0.992. The molecule has 14 heteroatoms. The number of hydrogen-bond acceptors (Lipinski definition) is 8. The van der Waals surface area contributed by atoms with Crippen molar-refractivity contribution in [3.8, 4) is 5.75 Å². The molecule has 3 aromatic heterocycles. The van der Waals surface area contributed by atoms with Gasteiger partial charge in [0.05, 0.1) is 24.7 Å². The Hall–Kier alpha value is -6.35. The topological polar surface area (TPSA) is 118 Å². The third-order valence-electron chi connectivity index (χ3n) is 15.1. The molecular formula is C55H59BrN8O5. The van der Waals surface area contributed by atoms with E-state index in [2.05, 4.69) is 96.9 Å². The second kappa shape index (κ2) is 19.6. The fourth-order valence-electron chi connectivity index (χ4n) is 10.9.